The quantitative estimate of drug-likeness (QED) is 0.590. The minimum atomic E-state index is -0.321. The number of nitrogens with zero attached hydrogens (tertiary/aromatic N) is 5. The van der Waals surface area contributed by atoms with E-state index in [2.05, 4.69) is 25.5 Å². The monoisotopic (exact) mass is 433 g/mol. The van der Waals surface area contributed by atoms with E-state index in [4.69, 9.17) is 0 Å². The number of benzene rings is 1. The number of piperazine rings is 1. The van der Waals surface area contributed by atoms with Crippen molar-refractivity contribution in [3.05, 3.63) is 70.9 Å². The van der Waals surface area contributed by atoms with Gasteiger partial charge >= 0.3 is 0 Å². The average Bonchev–Trinajstić information content (AvgIpc) is 3.31. The molecule has 1 saturated heterocycles. The van der Waals surface area contributed by atoms with E-state index in [1.54, 1.807) is 11.1 Å². The van der Waals surface area contributed by atoms with Crippen molar-refractivity contribution < 1.29 is 9.59 Å². The smallest absolute Gasteiger partial charge is 0.292 e. The summed E-state index contributed by atoms with van der Waals surface area (Å²) >= 11 is 0. The number of anilines is 1. The lowest BCUT2D eigenvalue weighted by atomic mass is 10.2. The summed E-state index contributed by atoms with van der Waals surface area (Å²) in [5.74, 6) is 0.357. The Bertz CT molecular complexity index is 1080. The van der Waals surface area contributed by atoms with E-state index < -0.39 is 0 Å². The summed E-state index contributed by atoms with van der Waals surface area (Å²) in [6.07, 6.45) is 4.41. The largest absolute Gasteiger partial charge is 0.369 e. The molecule has 0 radical (unpaired) electrons. The first-order chi connectivity index (χ1) is 15.5. The number of aromatic nitrogens is 4. The van der Waals surface area contributed by atoms with E-state index in [1.165, 1.54) is 4.90 Å². The molecule has 166 valence electrons. The number of aryl methyl sites for hydroxylation is 1. The maximum Gasteiger partial charge on any atom is 0.292 e. The molecule has 9 heteroatoms. The van der Waals surface area contributed by atoms with Crippen LogP contribution < -0.4 is 5.32 Å². The molecule has 3 heterocycles. The molecule has 0 saturated carbocycles. The maximum absolute atomic E-state index is 13.1. The van der Waals surface area contributed by atoms with E-state index in [1.807, 2.05) is 50.4 Å². The molecule has 2 aromatic heterocycles. The average molecular weight is 434 g/mol. The van der Waals surface area contributed by atoms with Crippen molar-refractivity contribution in [1.82, 2.24) is 30.0 Å². The number of carbonyl (C=O) groups is 2. The van der Waals surface area contributed by atoms with Gasteiger partial charge in [-0.3, -0.25) is 14.7 Å². The molecule has 0 atom stereocenters. The number of nitrogens with one attached hydrogen (secondary N) is 2. The summed E-state index contributed by atoms with van der Waals surface area (Å²) in [4.78, 5) is 37.9. The zero-order valence-corrected chi connectivity index (χ0v) is 18.3. The minimum Gasteiger partial charge on any atom is -0.369 e. The first-order valence-corrected chi connectivity index (χ1v) is 10.7. The van der Waals surface area contributed by atoms with Crippen LogP contribution in [0.1, 0.15) is 33.0 Å². The number of H-pyrrole nitrogens is 1. The van der Waals surface area contributed by atoms with Gasteiger partial charge in [-0.15, -0.1) is 0 Å². The van der Waals surface area contributed by atoms with E-state index in [-0.39, 0.29) is 24.2 Å². The molecule has 0 spiro atoms. The third-order valence-corrected chi connectivity index (χ3v) is 5.66. The zero-order valence-electron chi connectivity index (χ0n) is 18.3. The van der Waals surface area contributed by atoms with Gasteiger partial charge in [-0.1, -0.05) is 30.3 Å². The van der Waals surface area contributed by atoms with Gasteiger partial charge in [0.05, 0.1) is 6.20 Å². The van der Waals surface area contributed by atoms with Crippen LogP contribution in [0, 0.1) is 13.8 Å². The molecule has 1 aromatic carbocycles. The highest BCUT2D eigenvalue weighted by Gasteiger charge is 2.29. The minimum absolute atomic E-state index is 0.0329. The van der Waals surface area contributed by atoms with Crippen molar-refractivity contribution in [1.29, 1.82) is 0 Å². The highest BCUT2D eigenvalue weighted by Crippen LogP contribution is 2.17. The fourth-order valence-electron chi connectivity index (χ4n) is 3.63. The highest BCUT2D eigenvalue weighted by atomic mass is 16.2. The van der Waals surface area contributed by atoms with Crippen LogP contribution in [0.15, 0.2) is 42.7 Å². The van der Waals surface area contributed by atoms with Crippen LogP contribution in [0.25, 0.3) is 0 Å². The molecule has 1 aliphatic rings. The highest BCUT2D eigenvalue weighted by molar-refractivity contribution is 5.94. The third-order valence-electron chi connectivity index (χ3n) is 5.66. The number of aromatic amines is 1. The lowest BCUT2D eigenvalue weighted by Gasteiger charge is -2.34. The van der Waals surface area contributed by atoms with Crippen molar-refractivity contribution in [3.8, 4) is 0 Å². The van der Waals surface area contributed by atoms with Gasteiger partial charge in [-0.25, -0.2) is 9.97 Å². The Morgan fingerprint density at radius 2 is 1.94 bits per heavy atom. The molecule has 4 rings (SSSR count). The molecule has 32 heavy (non-hydrogen) atoms. The summed E-state index contributed by atoms with van der Waals surface area (Å²) in [6, 6.07) is 9.85. The molecule has 2 N–H and O–H groups in total. The van der Waals surface area contributed by atoms with Crippen LogP contribution in [0.5, 0.6) is 0 Å². The van der Waals surface area contributed by atoms with Gasteiger partial charge in [-0.2, -0.15) is 5.10 Å². The molecule has 3 aromatic rings. The van der Waals surface area contributed by atoms with Crippen LogP contribution >= 0.6 is 0 Å². The summed E-state index contributed by atoms with van der Waals surface area (Å²) in [6.45, 7) is 5.96. The number of amides is 2. The van der Waals surface area contributed by atoms with Gasteiger partial charge in [0.2, 0.25) is 11.7 Å². The predicted molar refractivity (Wildman–Crippen MR) is 120 cm³/mol. The SMILES string of the molecule is Cc1nc(C(=O)N2CCN(Cc3ccccc3)C(=O)C2)nc(NCCc2cn[nH]c2)c1C. The number of carbonyl (C=O) groups excluding carboxylic acids is 2. The van der Waals surface area contributed by atoms with Gasteiger partial charge in [0.1, 0.15) is 12.4 Å². The third kappa shape index (κ3) is 4.93. The van der Waals surface area contributed by atoms with Crippen molar-refractivity contribution in [2.75, 3.05) is 31.5 Å². The molecular weight excluding hydrogens is 406 g/mol. The Morgan fingerprint density at radius 3 is 2.66 bits per heavy atom. The molecule has 1 fully saturated rings. The summed E-state index contributed by atoms with van der Waals surface area (Å²) in [5.41, 5.74) is 3.80. The number of hydrogen-bond acceptors (Lipinski definition) is 6. The maximum atomic E-state index is 13.1. The second-order valence-corrected chi connectivity index (χ2v) is 7.92. The lowest BCUT2D eigenvalue weighted by molar-refractivity contribution is -0.135. The fourth-order valence-corrected chi connectivity index (χ4v) is 3.63. The molecule has 1 aliphatic heterocycles. The summed E-state index contributed by atoms with van der Waals surface area (Å²) in [5, 5.41) is 10.0. The van der Waals surface area contributed by atoms with Crippen molar-refractivity contribution in [2.45, 2.75) is 26.8 Å². The van der Waals surface area contributed by atoms with Gasteiger partial charge in [-0.05, 0) is 31.4 Å². The van der Waals surface area contributed by atoms with E-state index >= 15 is 0 Å². The summed E-state index contributed by atoms with van der Waals surface area (Å²) < 4.78 is 0. The molecule has 0 unspecified atom stereocenters. The van der Waals surface area contributed by atoms with E-state index in [0.717, 1.165) is 28.8 Å². The number of rotatable bonds is 7. The molecular formula is C23H27N7O2. The fraction of sp³-hybridized carbons (Fsp3) is 0.348. The van der Waals surface area contributed by atoms with Crippen molar-refractivity contribution in [3.63, 3.8) is 0 Å². The van der Waals surface area contributed by atoms with Gasteiger partial charge in [0.25, 0.3) is 5.91 Å². The second-order valence-electron chi connectivity index (χ2n) is 7.92. The van der Waals surface area contributed by atoms with Crippen LogP contribution in [0.4, 0.5) is 5.82 Å². The van der Waals surface area contributed by atoms with Crippen molar-refractivity contribution in [2.24, 2.45) is 0 Å². The molecule has 2 amide bonds. The molecule has 0 aliphatic carbocycles. The number of hydrogen-bond donors (Lipinski definition) is 2. The standard InChI is InChI=1S/C23H27N7O2/c1-16-17(2)27-22(28-21(16)24-9-8-19-12-25-26-13-19)23(32)30-11-10-29(20(31)15-30)14-18-6-4-3-5-7-18/h3-7,12-13H,8-11,14-15H2,1-2H3,(H,25,26)(H,24,27,28). The summed E-state index contributed by atoms with van der Waals surface area (Å²) in [7, 11) is 0. The Labute approximate surface area is 186 Å². The molecule has 0 bridgehead atoms. The van der Waals surface area contributed by atoms with E-state index in [0.29, 0.717) is 32.0 Å². The second kappa shape index (κ2) is 9.59. The Kier molecular flexibility index (Phi) is 6.44. The van der Waals surface area contributed by atoms with Crippen molar-refractivity contribution >= 4 is 17.6 Å². The van der Waals surface area contributed by atoms with Crippen LogP contribution in [0.2, 0.25) is 0 Å². The van der Waals surface area contributed by atoms with E-state index in [9.17, 15) is 9.59 Å². The first kappa shape index (κ1) is 21.5. The zero-order chi connectivity index (χ0) is 22.5. The Hall–Kier alpha value is -3.75. The lowest BCUT2D eigenvalue weighted by Crippen LogP contribution is -2.52. The van der Waals surface area contributed by atoms with Crippen LogP contribution in [-0.4, -0.2) is 68.0 Å². The molecule has 9 nitrogen and oxygen atoms in total. The van der Waals surface area contributed by atoms with Crippen LogP contribution in [0.3, 0.4) is 0 Å². The Balaban J connectivity index is 1.40. The van der Waals surface area contributed by atoms with Crippen LogP contribution in [-0.2, 0) is 17.8 Å². The van der Waals surface area contributed by atoms with Gasteiger partial charge in [0.15, 0.2) is 0 Å². The Morgan fingerprint density at radius 1 is 1.12 bits per heavy atom. The topological polar surface area (TPSA) is 107 Å². The predicted octanol–water partition coefficient (Wildman–Crippen LogP) is 1.96. The van der Waals surface area contributed by atoms with Gasteiger partial charge in [0, 0.05) is 43.6 Å². The normalized spacial score (nSPS) is 14.0. The van der Waals surface area contributed by atoms with Gasteiger partial charge < -0.3 is 15.1 Å². The first-order valence-electron chi connectivity index (χ1n) is 10.7.